The summed E-state index contributed by atoms with van der Waals surface area (Å²) in [6.45, 7) is 1.66. The first-order valence-electron chi connectivity index (χ1n) is 7.00. The van der Waals surface area contributed by atoms with Gasteiger partial charge in [0.1, 0.15) is 12.1 Å². The predicted molar refractivity (Wildman–Crippen MR) is 74.9 cm³/mol. The van der Waals surface area contributed by atoms with Crippen LogP contribution in [0, 0.1) is 0 Å². The number of benzene rings is 1. The molecule has 1 saturated heterocycles. The third-order valence-electron chi connectivity index (χ3n) is 3.77. The number of carbonyl (C=O) groups excluding carboxylic acids is 1. The summed E-state index contributed by atoms with van der Waals surface area (Å²) in [5, 5.41) is 17.0. The Hall–Kier alpha value is -2.44. The van der Waals surface area contributed by atoms with Crippen molar-refractivity contribution in [3.05, 3.63) is 23.8 Å². The summed E-state index contributed by atoms with van der Waals surface area (Å²) in [5.41, 5.74) is 0.987. The van der Waals surface area contributed by atoms with Gasteiger partial charge in [-0.2, -0.15) is 0 Å². The molecule has 0 bridgehead atoms. The van der Waals surface area contributed by atoms with Crippen molar-refractivity contribution in [2.24, 2.45) is 0 Å². The van der Waals surface area contributed by atoms with Crippen molar-refractivity contribution in [2.75, 3.05) is 13.1 Å². The van der Waals surface area contributed by atoms with E-state index in [1.165, 1.54) is 10.7 Å². The molecule has 1 amide bonds. The van der Waals surface area contributed by atoms with E-state index < -0.39 is 5.97 Å². The van der Waals surface area contributed by atoms with Crippen molar-refractivity contribution in [3.8, 4) is 0 Å². The van der Waals surface area contributed by atoms with Gasteiger partial charge < -0.3 is 10.0 Å². The first-order valence-corrected chi connectivity index (χ1v) is 7.00. The van der Waals surface area contributed by atoms with E-state index in [1.54, 1.807) is 12.1 Å². The van der Waals surface area contributed by atoms with Gasteiger partial charge in [0, 0.05) is 13.1 Å². The van der Waals surface area contributed by atoms with Crippen LogP contribution in [-0.2, 0) is 11.3 Å². The second-order valence-corrected chi connectivity index (χ2v) is 5.17. The number of amides is 1. The Labute approximate surface area is 121 Å². The zero-order valence-corrected chi connectivity index (χ0v) is 11.5. The van der Waals surface area contributed by atoms with Crippen LogP contribution in [0.3, 0.4) is 0 Å². The van der Waals surface area contributed by atoms with E-state index in [0.29, 0.717) is 11.0 Å². The lowest BCUT2D eigenvalue weighted by atomic mass is 10.1. The Morgan fingerprint density at radius 2 is 1.95 bits per heavy atom. The summed E-state index contributed by atoms with van der Waals surface area (Å²) >= 11 is 0. The molecule has 1 aliphatic heterocycles. The fourth-order valence-corrected chi connectivity index (χ4v) is 2.65. The molecule has 0 spiro atoms. The van der Waals surface area contributed by atoms with Crippen LogP contribution in [0.4, 0.5) is 0 Å². The van der Waals surface area contributed by atoms with Crippen molar-refractivity contribution >= 4 is 22.9 Å². The number of hydrogen-bond acceptors (Lipinski definition) is 4. The Balaban J connectivity index is 1.86. The Kier molecular flexibility index (Phi) is 3.55. The van der Waals surface area contributed by atoms with Crippen LogP contribution >= 0.6 is 0 Å². The van der Waals surface area contributed by atoms with Gasteiger partial charge in [0.05, 0.1) is 11.1 Å². The van der Waals surface area contributed by atoms with Gasteiger partial charge in [0.15, 0.2) is 0 Å². The molecular formula is C14H16N4O3. The van der Waals surface area contributed by atoms with Gasteiger partial charge in [-0.3, -0.25) is 4.79 Å². The van der Waals surface area contributed by atoms with Crippen LogP contribution in [0.5, 0.6) is 0 Å². The Bertz CT molecular complexity index is 689. The van der Waals surface area contributed by atoms with Crippen molar-refractivity contribution in [1.82, 2.24) is 19.9 Å². The molecule has 0 atom stereocenters. The minimum absolute atomic E-state index is 0.00206. The highest BCUT2D eigenvalue weighted by Gasteiger charge is 2.19. The number of carbonyl (C=O) groups is 2. The van der Waals surface area contributed by atoms with Crippen molar-refractivity contribution in [1.29, 1.82) is 0 Å². The third kappa shape index (κ3) is 2.58. The summed E-state index contributed by atoms with van der Waals surface area (Å²) in [5.74, 6) is -1.04. The number of aromatic nitrogens is 3. The fraction of sp³-hybridized carbons (Fsp3) is 0.429. The van der Waals surface area contributed by atoms with Crippen LogP contribution in [0.25, 0.3) is 11.0 Å². The molecule has 2 aromatic rings. The van der Waals surface area contributed by atoms with Gasteiger partial charge in [-0.1, -0.05) is 11.3 Å². The minimum Gasteiger partial charge on any atom is -0.478 e. The van der Waals surface area contributed by atoms with Crippen molar-refractivity contribution < 1.29 is 14.7 Å². The lowest BCUT2D eigenvalue weighted by Gasteiger charge is -2.26. The summed E-state index contributed by atoms with van der Waals surface area (Å²) < 4.78 is 1.47. The van der Waals surface area contributed by atoms with Crippen molar-refractivity contribution in [3.63, 3.8) is 0 Å². The highest BCUT2D eigenvalue weighted by Crippen LogP contribution is 2.17. The summed E-state index contributed by atoms with van der Waals surface area (Å²) in [7, 11) is 0. The highest BCUT2D eigenvalue weighted by molar-refractivity contribution is 6.00. The molecule has 1 N–H and O–H groups in total. The number of likely N-dealkylation sites (tertiary alicyclic amines) is 1. The van der Waals surface area contributed by atoms with E-state index in [1.807, 2.05) is 4.90 Å². The summed E-state index contributed by atoms with van der Waals surface area (Å²) in [6.07, 6.45) is 3.23. The van der Waals surface area contributed by atoms with E-state index >= 15 is 0 Å². The lowest BCUT2D eigenvalue weighted by Crippen LogP contribution is -2.37. The quantitative estimate of drug-likeness (QED) is 0.915. The molecule has 3 rings (SSSR count). The topological polar surface area (TPSA) is 88.3 Å². The first kappa shape index (κ1) is 13.5. The van der Waals surface area contributed by atoms with Crippen LogP contribution < -0.4 is 0 Å². The van der Waals surface area contributed by atoms with E-state index in [0.717, 1.165) is 32.4 Å². The average molecular weight is 288 g/mol. The average Bonchev–Trinajstić information content (AvgIpc) is 2.91. The number of hydrogen-bond donors (Lipinski definition) is 1. The molecule has 7 nitrogen and oxygen atoms in total. The van der Waals surface area contributed by atoms with E-state index in [4.69, 9.17) is 5.11 Å². The number of rotatable bonds is 3. The van der Waals surface area contributed by atoms with E-state index in [-0.39, 0.29) is 18.0 Å². The summed E-state index contributed by atoms with van der Waals surface area (Å²) in [4.78, 5) is 25.2. The molecule has 1 aliphatic rings. The number of aromatic carboxylic acids is 1. The van der Waals surface area contributed by atoms with Gasteiger partial charge in [-0.05, 0) is 31.4 Å². The number of nitrogens with zero attached hydrogens (tertiary/aromatic N) is 4. The molecular weight excluding hydrogens is 272 g/mol. The van der Waals surface area contributed by atoms with Gasteiger partial charge in [0.2, 0.25) is 5.91 Å². The molecule has 0 radical (unpaired) electrons. The minimum atomic E-state index is -1.05. The fourth-order valence-electron chi connectivity index (χ4n) is 2.65. The molecule has 1 aromatic heterocycles. The molecule has 110 valence electrons. The van der Waals surface area contributed by atoms with Crippen LogP contribution in [0.2, 0.25) is 0 Å². The SMILES string of the molecule is O=C(O)c1cccc2c1nnn2CC(=O)N1CCCCC1. The van der Waals surface area contributed by atoms with E-state index in [9.17, 15) is 9.59 Å². The van der Waals surface area contributed by atoms with Gasteiger partial charge in [0.25, 0.3) is 0 Å². The maximum Gasteiger partial charge on any atom is 0.338 e. The largest absolute Gasteiger partial charge is 0.478 e. The lowest BCUT2D eigenvalue weighted by molar-refractivity contribution is -0.132. The van der Waals surface area contributed by atoms with Crippen LogP contribution in [-0.4, -0.2) is 50.0 Å². The second kappa shape index (κ2) is 5.51. The van der Waals surface area contributed by atoms with Gasteiger partial charge in [-0.15, -0.1) is 5.10 Å². The number of carboxylic acids is 1. The maximum atomic E-state index is 12.2. The Morgan fingerprint density at radius 3 is 2.67 bits per heavy atom. The molecule has 7 heteroatoms. The zero-order chi connectivity index (χ0) is 14.8. The first-order chi connectivity index (χ1) is 10.2. The molecule has 21 heavy (non-hydrogen) atoms. The number of fused-ring (bicyclic) bond motifs is 1. The molecule has 2 heterocycles. The van der Waals surface area contributed by atoms with E-state index in [2.05, 4.69) is 10.3 Å². The molecule has 0 unspecified atom stereocenters. The van der Waals surface area contributed by atoms with Crippen LogP contribution in [0.1, 0.15) is 29.6 Å². The standard InChI is InChI=1S/C14H16N4O3/c19-12(17-7-2-1-3-8-17)9-18-11-6-4-5-10(14(20)21)13(11)15-16-18/h4-6H,1-3,7-9H2,(H,20,21). The third-order valence-corrected chi connectivity index (χ3v) is 3.77. The maximum absolute atomic E-state index is 12.2. The normalized spacial score (nSPS) is 15.3. The molecule has 1 aromatic carbocycles. The highest BCUT2D eigenvalue weighted by atomic mass is 16.4. The van der Waals surface area contributed by atoms with Gasteiger partial charge in [-0.25, -0.2) is 9.48 Å². The van der Waals surface area contributed by atoms with Crippen molar-refractivity contribution in [2.45, 2.75) is 25.8 Å². The second-order valence-electron chi connectivity index (χ2n) is 5.17. The van der Waals surface area contributed by atoms with Gasteiger partial charge >= 0.3 is 5.97 Å². The summed E-state index contributed by atoms with van der Waals surface area (Å²) in [6, 6.07) is 4.85. The zero-order valence-electron chi connectivity index (χ0n) is 11.5. The Morgan fingerprint density at radius 1 is 1.19 bits per heavy atom. The molecule has 0 saturated carbocycles. The molecule has 1 fully saturated rings. The monoisotopic (exact) mass is 288 g/mol. The smallest absolute Gasteiger partial charge is 0.338 e. The number of piperidine rings is 1. The predicted octanol–water partition coefficient (Wildman–Crippen LogP) is 1.14. The molecule has 0 aliphatic carbocycles. The van der Waals surface area contributed by atoms with Crippen LogP contribution in [0.15, 0.2) is 18.2 Å². The number of carboxylic acid groups (broad SMARTS) is 1.